The van der Waals surface area contributed by atoms with Crippen LogP contribution >= 0.6 is 27.7 Å². The highest BCUT2D eigenvalue weighted by atomic mass is 79.9. The predicted octanol–water partition coefficient (Wildman–Crippen LogP) is 4.54. The molecule has 3 aromatic carbocycles. The van der Waals surface area contributed by atoms with Gasteiger partial charge >= 0.3 is 0 Å². The number of amides is 3. The highest BCUT2D eigenvalue weighted by Crippen LogP contribution is 2.68. The van der Waals surface area contributed by atoms with E-state index in [-0.39, 0.29) is 34.4 Å². The smallest absolute Gasteiger partial charge is 0.244 e. The molecule has 0 aromatic heterocycles. The van der Waals surface area contributed by atoms with E-state index in [1.807, 2.05) is 67.6 Å². The van der Waals surface area contributed by atoms with Gasteiger partial charge < -0.3 is 25.4 Å². The maximum absolute atomic E-state index is 14.5. The van der Waals surface area contributed by atoms with Crippen molar-refractivity contribution in [3.63, 3.8) is 0 Å². The van der Waals surface area contributed by atoms with Crippen molar-refractivity contribution >= 4 is 51.1 Å². The SMILES string of the molecule is CCOc1ccc(NC(=O)[C@H]2[C@@H]3SC4(CC3Br)C(C(=O)NCc3ccccc3)N([C@H](CO)c3ccccc3)C(=O)[C@H]24)cc1. The van der Waals surface area contributed by atoms with Crippen LogP contribution < -0.4 is 15.4 Å². The molecule has 3 aliphatic heterocycles. The number of halogens is 1. The van der Waals surface area contributed by atoms with Crippen LogP contribution in [0.2, 0.25) is 0 Å². The van der Waals surface area contributed by atoms with E-state index < -0.39 is 28.7 Å². The summed E-state index contributed by atoms with van der Waals surface area (Å²) in [7, 11) is 0. The molecule has 6 rings (SSSR count). The van der Waals surface area contributed by atoms with Crippen LogP contribution in [0.4, 0.5) is 5.69 Å². The summed E-state index contributed by atoms with van der Waals surface area (Å²) in [6.45, 7) is 2.41. The maximum atomic E-state index is 14.5. The number of benzene rings is 3. The van der Waals surface area contributed by atoms with Crippen molar-refractivity contribution in [2.24, 2.45) is 11.8 Å². The molecule has 1 spiro atoms. The summed E-state index contributed by atoms with van der Waals surface area (Å²) in [5, 5.41) is 16.5. The van der Waals surface area contributed by atoms with Gasteiger partial charge in [0.15, 0.2) is 0 Å². The Bertz CT molecular complexity index is 1480. The molecule has 224 valence electrons. The van der Waals surface area contributed by atoms with Gasteiger partial charge in [-0.2, -0.15) is 0 Å². The zero-order valence-corrected chi connectivity index (χ0v) is 26.1. The molecule has 0 saturated carbocycles. The molecule has 3 aliphatic rings. The first kappa shape index (κ1) is 29.7. The monoisotopic (exact) mass is 663 g/mol. The number of likely N-dealkylation sites (tertiary alicyclic amines) is 1. The Kier molecular flexibility index (Phi) is 8.53. The van der Waals surface area contributed by atoms with Gasteiger partial charge in [0.1, 0.15) is 11.8 Å². The summed E-state index contributed by atoms with van der Waals surface area (Å²) in [4.78, 5) is 44.2. The minimum Gasteiger partial charge on any atom is -0.494 e. The molecule has 7 atom stereocenters. The van der Waals surface area contributed by atoms with E-state index in [1.165, 1.54) is 0 Å². The number of fused-ring (bicyclic) bond motifs is 1. The zero-order valence-electron chi connectivity index (χ0n) is 23.7. The van der Waals surface area contributed by atoms with Crippen molar-refractivity contribution < 1.29 is 24.2 Å². The summed E-state index contributed by atoms with van der Waals surface area (Å²) in [6.07, 6.45) is 0.554. The number of ether oxygens (including phenoxy) is 1. The fourth-order valence-electron chi connectivity index (χ4n) is 6.94. The Hall–Kier alpha value is -3.34. The van der Waals surface area contributed by atoms with E-state index in [0.717, 1.165) is 11.1 Å². The first-order chi connectivity index (χ1) is 20.9. The molecule has 10 heteroatoms. The van der Waals surface area contributed by atoms with Crippen LogP contribution in [0.15, 0.2) is 84.9 Å². The quantitative estimate of drug-likeness (QED) is 0.275. The van der Waals surface area contributed by atoms with E-state index in [9.17, 15) is 19.5 Å². The average molecular weight is 665 g/mol. The molecule has 3 aromatic rings. The number of hydrogen-bond acceptors (Lipinski definition) is 6. The number of anilines is 1. The van der Waals surface area contributed by atoms with E-state index >= 15 is 0 Å². The maximum Gasteiger partial charge on any atom is 0.244 e. The Morgan fingerprint density at radius 1 is 1.05 bits per heavy atom. The van der Waals surface area contributed by atoms with Gasteiger partial charge in [0.05, 0.1) is 35.8 Å². The molecule has 3 amide bonds. The number of thioether (sulfide) groups is 1. The van der Waals surface area contributed by atoms with E-state index in [0.29, 0.717) is 31.0 Å². The summed E-state index contributed by atoms with van der Waals surface area (Å²) in [5.74, 6) is -1.48. The van der Waals surface area contributed by atoms with Crippen molar-refractivity contribution in [2.45, 2.75) is 46.8 Å². The number of carbonyl (C=O) groups excluding carboxylic acids is 3. The minimum atomic E-state index is -0.871. The minimum absolute atomic E-state index is 0.0636. The molecule has 3 N–H and O–H groups in total. The lowest BCUT2D eigenvalue weighted by Gasteiger charge is -2.37. The molecule has 3 heterocycles. The number of rotatable bonds is 10. The first-order valence-electron chi connectivity index (χ1n) is 14.5. The second kappa shape index (κ2) is 12.3. The van der Waals surface area contributed by atoms with Gasteiger partial charge in [-0.3, -0.25) is 14.4 Å². The zero-order chi connectivity index (χ0) is 30.1. The number of aliphatic hydroxyl groups is 1. The van der Waals surface area contributed by atoms with Crippen molar-refractivity contribution in [1.82, 2.24) is 10.2 Å². The highest BCUT2D eigenvalue weighted by Gasteiger charge is 2.76. The predicted molar refractivity (Wildman–Crippen MR) is 170 cm³/mol. The Balaban J connectivity index is 1.35. The fraction of sp³-hybridized carbons (Fsp3) is 0.364. The number of nitrogens with zero attached hydrogens (tertiary/aromatic N) is 1. The first-order valence-corrected chi connectivity index (χ1v) is 16.3. The third-order valence-corrected chi connectivity index (χ3v) is 11.9. The van der Waals surface area contributed by atoms with Gasteiger partial charge in [-0.05, 0) is 48.7 Å². The molecule has 3 fully saturated rings. The average Bonchev–Trinajstić information content (AvgIpc) is 3.62. The largest absolute Gasteiger partial charge is 0.494 e. The summed E-state index contributed by atoms with van der Waals surface area (Å²) >= 11 is 5.38. The molecule has 2 bridgehead atoms. The molecule has 0 radical (unpaired) electrons. The number of nitrogens with one attached hydrogen (secondary N) is 2. The Labute approximate surface area is 263 Å². The van der Waals surface area contributed by atoms with Crippen LogP contribution in [0.1, 0.15) is 30.5 Å². The van der Waals surface area contributed by atoms with Crippen molar-refractivity contribution in [3.8, 4) is 5.75 Å². The second-order valence-corrected chi connectivity index (χ2v) is 13.9. The van der Waals surface area contributed by atoms with Crippen LogP contribution in [0.25, 0.3) is 0 Å². The standard InChI is InChI=1S/C33H34BrN3O5S/c1-2-42-23-15-13-22(14-16-23)36-30(39)26-27-32(41)37(25(19-38)21-11-7-4-8-12-21)29(33(27)17-24(34)28(26)43-33)31(40)35-18-20-9-5-3-6-10-20/h3-16,24-29,38H,2,17-19H2,1H3,(H,35,40)(H,36,39)/t24?,25-,26-,27+,28-,29?,33?/m1/s1. The van der Waals surface area contributed by atoms with Crippen LogP contribution in [0.5, 0.6) is 5.75 Å². The Morgan fingerprint density at radius 3 is 2.37 bits per heavy atom. The van der Waals surface area contributed by atoms with Gasteiger partial charge in [-0.15, -0.1) is 11.8 Å². The van der Waals surface area contributed by atoms with Gasteiger partial charge in [0.2, 0.25) is 17.7 Å². The third kappa shape index (κ3) is 5.34. The fourth-order valence-corrected chi connectivity index (χ4v) is 10.5. The van der Waals surface area contributed by atoms with Crippen LogP contribution in [0.3, 0.4) is 0 Å². The van der Waals surface area contributed by atoms with E-state index in [2.05, 4.69) is 26.6 Å². The third-order valence-electron chi connectivity index (χ3n) is 8.71. The summed E-state index contributed by atoms with van der Waals surface area (Å²) in [6, 6.07) is 24.4. The number of hydrogen-bond donors (Lipinski definition) is 3. The lowest BCUT2D eigenvalue weighted by atomic mass is 9.70. The number of carbonyl (C=O) groups is 3. The topological polar surface area (TPSA) is 108 Å². The number of alkyl halides is 1. The van der Waals surface area contributed by atoms with Crippen molar-refractivity contribution in [1.29, 1.82) is 0 Å². The number of aliphatic hydroxyl groups excluding tert-OH is 1. The van der Waals surface area contributed by atoms with Crippen LogP contribution in [0, 0.1) is 11.8 Å². The van der Waals surface area contributed by atoms with Gasteiger partial charge in [0.25, 0.3) is 0 Å². The Morgan fingerprint density at radius 2 is 1.72 bits per heavy atom. The summed E-state index contributed by atoms with van der Waals surface area (Å²) in [5.41, 5.74) is 2.29. The molecular formula is C33H34BrN3O5S. The molecule has 0 aliphatic carbocycles. The van der Waals surface area contributed by atoms with E-state index in [4.69, 9.17) is 4.74 Å². The van der Waals surface area contributed by atoms with Crippen LogP contribution in [-0.2, 0) is 20.9 Å². The molecule has 3 saturated heterocycles. The second-order valence-electron chi connectivity index (χ2n) is 11.2. The van der Waals surface area contributed by atoms with Gasteiger partial charge in [-0.1, -0.05) is 76.6 Å². The van der Waals surface area contributed by atoms with Crippen LogP contribution in [-0.4, -0.2) is 61.8 Å². The molecule has 3 unspecified atom stereocenters. The molecule has 8 nitrogen and oxygen atoms in total. The van der Waals surface area contributed by atoms with Crippen molar-refractivity contribution in [2.75, 3.05) is 18.5 Å². The van der Waals surface area contributed by atoms with E-state index in [1.54, 1.807) is 40.9 Å². The van der Waals surface area contributed by atoms with Gasteiger partial charge in [-0.25, -0.2) is 0 Å². The molecule has 43 heavy (non-hydrogen) atoms. The highest BCUT2D eigenvalue weighted by molar-refractivity contribution is 9.09. The summed E-state index contributed by atoms with van der Waals surface area (Å²) < 4.78 is 4.69. The molecular weight excluding hydrogens is 630 g/mol. The van der Waals surface area contributed by atoms with Gasteiger partial charge in [0, 0.05) is 22.3 Å². The lowest BCUT2D eigenvalue weighted by Crippen LogP contribution is -2.55. The lowest BCUT2D eigenvalue weighted by molar-refractivity contribution is -0.142. The normalized spacial score (nSPS) is 27.9. The van der Waals surface area contributed by atoms with Crippen molar-refractivity contribution in [3.05, 3.63) is 96.1 Å².